The van der Waals surface area contributed by atoms with E-state index in [1.807, 2.05) is 37.8 Å². The molecule has 1 fully saturated rings. The number of carbonyl (C=O) groups is 1. The van der Waals surface area contributed by atoms with E-state index in [-0.39, 0.29) is 12.1 Å². The van der Waals surface area contributed by atoms with E-state index in [0.717, 1.165) is 12.2 Å². The normalized spacial score (nSPS) is 18.7. The Labute approximate surface area is 144 Å². The smallest absolute Gasteiger partial charge is 0.410 e. The Morgan fingerprint density at radius 2 is 2.04 bits per heavy atom. The van der Waals surface area contributed by atoms with Gasteiger partial charge < -0.3 is 19.3 Å². The summed E-state index contributed by atoms with van der Waals surface area (Å²) >= 11 is 0. The Bertz CT molecular complexity index is 569. The van der Waals surface area contributed by atoms with Crippen LogP contribution in [0, 0.1) is 5.92 Å². The molecule has 1 aliphatic heterocycles. The molecule has 1 aromatic rings. The molecular weight excluding hydrogens is 306 g/mol. The first-order valence-corrected chi connectivity index (χ1v) is 8.46. The summed E-state index contributed by atoms with van der Waals surface area (Å²) in [4.78, 5) is 20.7. The van der Waals surface area contributed by atoms with Gasteiger partial charge in [-0.25, -0.2) is 9.78 Å². The van der Waals surface area contributed by atoms with E-state index in [0.29, 0.717) is 24.9 Å². The molecule has 0 N–H and O–H groups in total. The molecule has 2 rings (SSSR count). The van der Waals surface area contributed by atoms with Crippen molar-refractivity contribution in [3.8, 4) is 5.88 Å². The van der Waals surface area contributed by atoms with E-state index in [4.69, 9.17) is 9.47 Å². The van der Waals surface area contributed by atoms with Crippen LogP contribution in [0.2, 0.25) is 0 Å². The van der Waals surface area contributed by atoms with Crippen molar-refractivity contribution >= 4 is 11.8 Å². The standard InChI is InChI=1S/C18H29N3O3/c1-13(2)15-12-20(17(22)24-18(3,4)5)9-10-21(15)14-7-8-19-16(11-14)23-6/h7-8,11,13,15H,9-10,12H2,1-6H3. The van der Waals surface area contributed by atoms with E-state index in [9.17, 15) is 4.79 Å². The van der Waals surface area contributed by atoms with Crippen LogP contribution in [0.4, 0.5) is 10.5 Å². The number of hydrogen-bond donors (Lipinski definition) is 0. The molecule has 1 aromatic heterocycles. The largest absolute Gasteiger partial charge is 0.481 e. The predicted octanol–water partition coefficient (Wildman–Crippen LogP) is 3.17. The molecule has 6 heteroatoms. The minimum Gasteiger partial charge on any atom is -0.481 e. The van der Waals surface area contributed by atoms with Gasteiger partial charge in [-0.1, -0.05) is 13.8 Å². The second kappa shape index (κ2) is 7.28. The zero-order chi connectivity index (χ0) is 17.9. The van der Waals surface area contributed by atoms with Crippen molar-refractivity contribution < 1.29 is 14.3 Å². The van der Waals surface area contributed by atoms with Crippen molar-refractivity contribution in [1.82, 2.24) is 9.88 Å². The molecule has 2 heterocycles. The van der Waals surface area contributed by atoms with Crippen LogP contribution in [0.15, 0.2) is 18.3 Å². The molecule has 0 aliphatic carbocycles. The zero-order valence-electron chi connectivity index (χ0n) is 15.6. The van der Waals surface area contributed by atoms with Crippen molar-refractivity contribution in [1.29, 1.82) is 0 Å². The second-order valence-corrected chi connectivity index (χ2v) is 7.49. The summed E-state index contributed by atoms with van der Waals surface area (Å²) in [6.07, 6.45) is 1.52. The number of anilines is 1. The number of amides is 1. The molecule has 0 spiro atoms. The van der Waals surface area contributed by atoms with Gasteiger partial charge in [0.2, 0.25) is 5.88 Å². The van der Waals surface area contributed by atoms with E-state index in [2.05, 4.69) is 23.7 Å². The number of rotatable bonds is 3. The van der Waals surface area contributed by atoms with Gasteiger partial charge in [-0.15, -0.1) is 0 Å². The van der Waals surface area contributed by atoms with Gasteiger partial charge in [-0.05, 0) is 32.8 Å². The van der Waals surface area contributed by atoms with Gasteiger partial charge in [0.05, 0.1) is 7.11 Å². The lowest BCUT2D eigenvalue weighted by Crippen LogP contribution is -2.57. The maximum Gasteiger partial charge on any atom is 0.410 e. The number of ether oxygens (including phenoxy) is 2. The first-order valence-electron chi connectivity index (χ1n) is 8.46. The van der Waals surface area contributed by atoms with E-state index >= 15 is 0 Å². The lowest BCUT2D eigenvalue weighted by atomic mass is 9.99. The van der Waals surface area contributed by atoms with Crippen LogP contribution in [-0.4, -0.2) is 54.4 Å². The first kappa shape index (κ1) is 18.4. The Kier molecular flexibility index (Phi) is 5.57. The quantitative estimate of drug-likeness (QED) is 0.849. The molecule has 1 amide bonds. The third-order valence-electron chi connectivity index (χ3n) is 4.10. The monoisotopic (exact) mass is 335 g/mol. The highest BCUT2D eigenvalue weighted by atomic mass is 16.6. The summed E-state index contributed by atoms with van der Waals surface area (Å²) in [6.45, 7) is 12.1. The third-order valence-corrected chi connectivity index (χ3v) is 4.10. The van der Waals surface area contributed by atoms with E-state index in [1.165, 1.54) is 0 Å². The van der Waals surface area contributed by atoms with Crippen LogP contribution in [0.5, 0.6) is 5.88 Å². The van der Waals surface area contributed by atoms with Gasteiger partial charge in [0, 0.05) is 43.6 Å². The van der Waals surface area contributed by atoms with Gasteiger partial charge >= 0.3 is 6.09 Å². The molecule has 0 aromatic carbocycles. The Morgan fingerprint density at radius 1 is 1.33 bits per heavy atom. The van der Waals surface area contributed by atoms with Crippen LogP contribution >= 0.6 is 0 Å². The summed E-state index contributed by atoms with van der Waals surface area (Å²) in [5.74, 6) is 0.999. The number of methoxy groups -OCH3 is 1. The molecule has 1 aliphatic rings. The molecule has 1 atom stereocenters. The molecule has 1 saturated heterocycles. The van der Waals surface area contributed by atoms with Crippen molar-refractivity contribution in [2.45, 2.75) is 46.3 Å². The summed E-state index contributed by atoms with van der Waals surface area (Å²) in [6, 6.07) is 4.15. The molecule has 0 saturated carbocycles. The highest BCUT2D eigenvalue weighted by Gasteiger charge is 2.33. The topological polar surface area (TPSA) is 54.9 Å². The minimum atomic E-state index is -0.472. The molecule has 6 nitrogen and oxygen atoms in total. The molecule has 24 heavy (non-hydrogen) atoms. The second-order valence-electron chi connectivity index (χ2n) is 7.49. The van der Waals surface area contributed by atoms with E-state index in [1.54, 1.807) is 13.3 Å². The van der Waals surface area contributed by atoms with Gasteiger partial charge in [-0.3, -0.25) is 0 Å². The molecule has 1 unspecified atom stereocenters. The highest BCUT2D eigenvalue weighted by molar-refractivity contribution is 5.69. The lowest BCUT2D eigenvalue weighted by Gasteiger charge is -2.44. The summed E-state index contributed by atoms with van der Waals surface area (Å²) in [5, 5.41) is 0. The van der Waals surface area contributed by atoms with Crippen molar-refractivity contribution in [2.75, 3.05) is 31.6 Å². The highest BCUT2D eigenvalue weighted by Crippen LogP contribution is 2.27. The van der Waals surface area contributed by atoms with Crippen LogP contribution < -0.4 is 9.64 Å². The number of hydrogen-bond acceptors (Lipinski definition) is 5. The first-order chi connectivity index (χ1) is 11.2. The molecule has 0 radical (unpaired) electrons. The Morgan fingerprint density at radius 3 is 2.62 bits per heavy atom. The molecule has 134 valence electrons. The maximum absolute atomic E-state index is 12.4. The molecular formula is C18H29N3O3. The van der Waals surface area contributed by atoms with Crippen molar-refractivity contribution in [3.05, 3.63) is 18.3 Å². The zero-order valence-corrected chi connectivity index (χ0v) is 15.6. The lowest BCUT2D eigenvalue weighted by molar-refractivity contribution is 0.0202. The third kappa shape index (κ3) is 4.52. The number of pyridine rings is 1. The van der Waals surface area contributed by atoms with Crippen LogP contribution in [0.25, 0.3) is 0 Å². The summed E-state index contributed by atoms with van der Waals surface area (Å²) < 4.78 is 10.8. The Hall–Kier alpha value is -1.98. The average molecular weight is 335 g/mol. The fourth-order valence-electron chi connectivity index (χ4n) is 2.88. The predicted molar refractivity (Wildman–Crippen MR) is 94.6 cm³/mol. The van der Waals surface area contributed by atoms with E-state index < -0.39 is 5.60 Å². The van der Waals surface area contributed by atoms with Crippen molar-refractivity contribution in [3.63, 3.8) is 0 Å². The van der Waals surface area contributed by atoms with Gasteiger partial charge in [0.15, 0.2) is 0 Å². The fraction of sp³-hybridized carbons (Fsp3) is 0.667. The molecule has 0 bridgehead atoms. The Balaban J connectivity index is 2.15. The number of piperazine rings is 1. The number of aromatic nitrogens is 1. The summed E-state index contributed by atoms with van der Waals surface area (Å²) in [5.41, 5.74) is 0.601. The van der Waals surface area contributed by atoms with Crippen LogP contribution in [0.3, 0.4) is 0 Å². The van der Waals surface area contributed by atoms with Crippen molar-refractivity contribution in [2.24, 2.45) is 5.92 Å². The number of nitrogens with zero attached hydrogens (tertiary/aromatic N) is 3. The minimum absolute atomic E-state index is 0.221. The number of carbonyl (C=O) groups excluding carboxylic acids is 1. The summed E-state index contributed by atoms with van der Waals surface area (Å²) in [7, 11) is 1.62. The van der Waals surface area contributed by atoms with Crippen LogP contribution in [-0.2, 0) is 4.74 Å². The fourth-order valence-corrected chi connectivity index (χ4v) is 2.88. The van der Waals surface area contributed by atoms with Gasteiger partial charge in [0.25, 0.3) is 0 Å². The average Bonchev–Trinajstić information content (AvgIpc) is 2.52. The van der Waals surface area contributed by atoms with Crippen LogP contribution in [0.1, 0.15) is 34.6 Å². The van der Waals surface area contributed by atoms with Gasteiger partial charge in [-0.2, -0.15) is 0 Å². The maximum atomic E-state index is 12.4. The SMILES string of the molecule is COc1cc(N2CCN(C(=O)OC(C)(C)C)CC2C(C)C)ccn1. The van der Waals surface area contributed by atoms with Gasteiger partial charge in [0.1, 0.15) is 5.60 Å².